The summed E-state index contributed by atoms with van der Waals surface area (Å²) in [6, 6.07) is 5.47. The van der Waals surface area contributed by atoms with E-state index in [4.69, 9.17) is 0 Å². The molecule has 0 radical (unpaired) electrons. The number of urea groups is 1. The maximum Gasteiger partial charge on any atom is 0.352 e. The first-order chi connectivity index (χ1) is 21.6. The molecule has 5 rings (SSSR count). The van der Waals surface area contributed by atoms with Gasteiger partial charge in [0.1, 0.15) is 22.6 Å². The Bertz CT molecular complexity index is 1570. The van der Waals surface area contributed by atoms with Crippen LogP contribution in [-0.2, 0) is 28.8 Å². The normalized spacial score (nSPS) is 21.9. The lowest BCUT2D eigenvalue weighted by Gasteiger charge is -2.56. The zero-order chi connectivity index (χ0) is 32.3. The van der Waals surface area contributed by atoms with Crippen molar-refractivity contribution in [3.05, 3.63) is 52.7 Å². The number of carbonyl (C=O) groups excluding carboxylic acids is 6. The summed E-state index contributed by atoms with van der Waals surface area (Å²) < 4.78 is 0.617. The molecule has 3 aliphatic rings. The highest BCUT2D eigenvalue weighted by Gasteiger charge is 2.66. The second-order valence-corrected chi connectivity index (χ2v) is 12.9. The van der Waals surface area contributed by atoms with E-state index in [9.17, 15) is 38.7 Å². The predicted molar refractivity (Wildman–Crippen MR) is 160 cm³/mol. The number of carboxylic acid groups (broad SMARTS) is 1. The highest BCUT2D eigenvalue weighted by atomic mass is 32.2. The minimum absolute atomic E-state index is 0.0971. The molecule has 0 spiro atoms. The maximum atomic E-state index is 13.8. The number of nitrogens with one attached hydrogen (secondary N) is 3. The van der Waals surface area contributed by atoms with E-state index in [0.29, 0.717) is 14.8 Å². The molecule has 0 aliphatic carbocycles. The molecule has 2 fully saturated rings. The third-order valence-electron chi connectivity index (χ3n) is 7.27. The van der Waals surface area contributed by atoms with E-state index >= 15 is 0 Å². The minimum atomic E-state index is -2.04. The molecule has 1 aromatic heterocycles. The van der Waals surface area contributed by atoms with Gasteiger partial charge in [0, 0.05) is 31.1 Å². The fraction of sp³-hybridized carbons (Fsp3) is 0.346. The molecule has 4 heterocycles. The molecule has 3 aliphatic heterocycles. The van der Waals surface area contributed by atoms with E-state index in [1.807, 2.05) is 0 Å². The number of carboxylic acids is 1. The van der Waals surface area contributed by atoms with Crippen molar-refractivity contribution in [3.63, 3.8) is 0 Å². The number of β-lactam (4-membered cyclic amide) rings is 1. The first-order valence-corrected chi connectivity index (χ1v) is 16.3. The molecule has 2 aromatic rings. The van der Waals surface area contributed by atoms with Crippen LogP contribution >= 0.6 is 34.9 Å². The predicted octanol–water partition coefficient (Wildman–Crippen LogP) is -0.416. The van der Waals surface area contributed by atoms with Crippen LogP contribution in [0.4, 0.5) is 4.79 Å². The van der Waals surface area contributed by atoms with Gasteiger partial charge in [-0.3, -0.25) is 33.8 Å². The number of amides is 7. The number of fused-ring (bicyclic) bond motifs is 1. The molecular formula is C26H26N8O8S3. The molecular weight excluding hydrogens is 649 g/mol. The first-order valence-electron chi connectivity index (χ1n) is 13.4. The van der Waals surface area contributed by atoms with Gasteiger partial charge in [0.25, 0.3) is 5.91 Å². The van der Waals surface area contributed by atoms with Crippen LogP contribution in [0.15, 0.2) is 51.5 Å². The summed E-state index contributed by atoms with van der Waals surface area (Å²) in [4.78, 5) is 92.8. The second kappa shape index (κ2) is 13.2. The lowest BCUT2D eigenvalue weighted by atomic mass is 9.94. The summed E-state index contributed by atoms with van der Waals surface area (Å²) in [5, 5.41) is 24.0. The summed E-state index contributed by atoms with van der Waals surface area (Å²) in [6.45, 7) is 2.00. The number of benzene rings is 1. The highest BCUT2D eigenvalue weighted by Crippen LogP contribution is 2.46. The van der Waals surface area contributed by atoms with E-state index in [-0.39, 0.29) is 48.8 Å². The van der Waals surface area contributed by atoms with Gasteiger partial charge in [0.15, 0.2) is 4.34 Å². The number of aliphatic carboxylic acids is 1. The van der Waals surface area contributed by atoms with Gasteiger partial charge < -0.3 is 26.0 Å². The van der Waals surface area contributed by atoms with Crippen LogP contribution in [0.5, 0.6) is 0 Å². The van der Waals surface area contributed by atoms with Crippen LogP contribution in [0.2, 0.25) is 0 Å². The highest BCUT2D eigenvalue weighted by molar-refractivity contribution is 8.01. The van der Waals surface area contributed by atoms with Crippen LogP contribution in [0.1, 0.15) is 18.5 Å². The molecule has 2 saturated heterocycles. The van der Waals surface area contributed by atoms with Gasteiger partial charge in [-0.1, -0.05) is 53.4 Å². The van der Waals surface area contributed by atoms with E-state index in [2.05, 4.69) is 26.1 Å². The molecule has 3 atom stereocenters. The number of carbonyl (C=O) groups is 7. The Morgan fingerprint density at radius 2 is 1.93 bits per heavy atom. The average Bonchev–Trinajstić information content (AvgIpc) is 3.57. The number of likely N-dealkylation sites (N-methyl/N-ethyl adjacent to an activating group) is 1. The van der Waals surface area contributed by atoms with Crippen molar-refractivity contribution in [2.75, 3.05) is 31.1 Å². The van der Waals surface area contributed by atoms with Crippen LogP contribution in [0.3, 0.4) is 0 Å². The van der Waals surface area contributed by atoms with Gasteiger partial charge in [-0.15, -0.1) is 22.0 Å². The summed E-state index contributed by atoms with van der Waals surface area (Å²) in [5.74, 6) is -4.71. The minimum Gasteiger partial charge on any atom is -0.477 e. The number of imide groups is 1. The lowest BCUT2D eigenvalue weighted by molar-refractivity contribution is -0.163. The molecule has 1 aromatic carbocycles. The summed E-state index contributed by atoms with van der Waals surface area (Å²) >= 11 is 3.68. The van der Waals surface area contributed by atoms with E-state index < -0.39 is 52.7 Å². The Kier molecular flexibility index (Phi) is 9.40. The topological polar surface area (TPSA) is 211 Å². The number of thioether (sulfide) groups is 2. The van der Waals surface area contributed by atoms with Crippen molar-refractivity contribution >= 4 is 76.9 Å². The fourth-order valence-corrected chi connectivity index (χ4v) is 8.12. The van der Waals surface area contributed by atoms with Gasteiger partial charge in [0.2, 0.25) is 18.0 Å². The Morgan fingerprint density at radius 1 is 1.18 bits per heavy atom. The molecule has 0 bridgehead atoms. The van der Waals surface area contributed by atoms with Gasteiger partial charge in [-0.05, 0) is 18.1 Å². The zero-order valence-corrected chi connectivity index (χ0v) is 25.9. The number of piperazine rings is 1. The van der Waals surface area contributed by atoms with Crippen LogP contribution < -0.4 is 16.0 Å². The molecule has 7 amide bonds. The lowest BCUT2D eigenvalue weighted by Crippen LogP contribution is -2.85. The molecule has 1 unspecified atom stereocenters. The van der Waals surface area contributed by atoms with Crippen molar-refractivity contribution in [1.29, 1.82) is 0 Å². The van der Waals surface area contributed by atoms with Crippen molar-refractivity contribution in [3.8, 4) is 0 Å². The van der Waals surface area contributed by atoms with Crippen molar-refractivity contribution in [1.82, 2.24) is 40.8 Å². The van der Waals surface area contributed by atoms with Crippen molar-refractivity contribution in [2.24, 2.45) is 0 Å². The molecule has 19 heteroatoms. The van der Waals surface area contributed by atoms with Gasteiger partial charge in [-0.25, -0.2) is 9.59 Å². The Hall–Kier alpha value is -4.49. The smallest absolute Gasteiger partial charge is 0.352 e. The van der Waals surface area contributed by atoms with Crippen molar-refractivity contribution in [2.45, 2.75) is 28.3 Å². The van der Waals surface area contributed by atoms with Crippen molar-refractivity contribution < 1.29 is 38.7 Å². The van der Waals surface area contributed by atoms with Gasteiger partial charge in [0.05, 0.1) is 0 Å². The Balaban J connectivity index is 1.39. The fourth-order valence-electron chi connectivity index (χ4n) is 5.07. The van der Waals surface area contributed by atoms with E-state index in [1.165, 1.54) is 45.6 Å². The van der Waals surface area contributed by atoms with E-state index in [1.54, 1.807) is 25.1 Å². The molecule has 4 N–H and O–H groups in total. The Labute approximate surface area is 267 Å². The summed E-state index contributed by atoms with van der Waals surface area (Å²) in [7, 11) is 0. The standard InChI is InChI=1S/C26H26N8O8S3/c1-2-32-8-9-33(20(38)19(32)37)24(42)29-16(14-6-4-3-5-7-14)18(36)30-26(27-12-35)22(41)34-17(21(39)40)15(10-43-23(26)34)11-44-25-31-28-13-45-25/h3-7,12-13,16,23H,2,8-11H2,1H3,(H,27,35)(H,29,42)(H,30,36)(H,39,40)/t16?,23-,26+/m0/s1. The SMILES string of the molecule is CCN1CCN(C(=O)NC(C(=O)N[C@]2(NC=O)C(=O)N3C(C(=O)O)=C(CSc4nncs4)CS[C@H]32)c2ccccc2)C(=O)C1=O. The monoisotopic (exact) mass is 674 g/mol. The van der Waals surface area contributed by atoms with Gasteiger partial charge in [-0.2, -0.15) is 0 Å². The third-order valence-corrected chi connectivity index (χ3v) is 10.6. The van der Waals surface area contributed by atoms with Crippen LogP contribution in [-0.4, -0.2) is 114 Å². The second-order valence-electron chi connectivity index (χ2n) is 9.78. The largest absolute Gasteiger partial charge is 0.477 e. The number of rotatable bonds is 11. The van der Waals surface area contributed by atoms with Crippen LogP contribution in [0, 0.1) is 0 Å². The molecule has 16 nitrogen and oxygen atoms in total. The zero-order valence-electron chi connectivity index (χ0n) is 23.5. The van der Waals surface area contributed by atoms with E-state index in [0.717, 1.165) is 16.7 Å². The number of hydrogen-bond donors (Lipinski definition) is 4. The number of hydrogen-bond acceptors (Lipinski definition) is 12. The molecule has 236 valence electrons. The molecule has 45 heavy (non-hydrogen) atoms. The number of nitrogens with zero attached hydrogens (tertiary/aromatic N) is 5. The molecule has 0 saturated carbocycles. The summed E-state index contributed by atoms with van der Waals surface area (Å²) in [5.41, 5.74) is -0.0482. The maximum absolute atomic E-state index is 13.8. The van der Waals surface area contributed by atoms with Crippen LogP contribution in [0.25, 0.3) is 0 Å². The summed E-state index contributed by atoms with van der Waals surface area (Å²) in [6.07, 6.45) is 0.217. The van der Waals surface area contributed by atoms with Gasteiger partial charge >= 0.3 is 23.8 Å². The average molecular weight is 675 g/mol. The Morgan fingerprint density at radius 3 is 2.58 bits per heavy atom. The first kappa shape index (κ1) is 31.9. The number of aromatic nitrogens is 2. The third kappa shape index (κ3) is 5.97. The quantitative estimate of drug-likeness (QED) is 0.0788.